The van der Waals surface area contributed by atoms with Crippen molar-refractivity contribution < 1.29 is 18.3 Å². The van der Waals surface area contributed by atoms with E-state index in [1.54, 1.807) is 43.3 Å². The van der Waals surface area contributed by atoms with Crippen LogP contribution in [0.15, 0.2) is 36.7 Å². The number of nitrogens with zero attached hydrogens (tertiary/aromatic N) is 3. The smallest absolute Gasteiger partial charge is 0.387 e. The van der Waals surface area contributed by atoms with Crippen molar-refractivity contribution in [2.75, 3.05) is 11.9 Å². The number of halogens is 2. The summed E-state index contributed by atoms with van der Waals surface area (Å²) in [6, 6.07) is 6.20. The number of hydrogen-bond acceptors (Lipinski definition) is 3. The molecular weight excluding hydrogens is 306 g/mol. The van der Waals surface area contributed by atoms with Crippen LogP contribution in [0.1, 0.15) is 10.5 Å². The maximum Gasteiger partial charge on any atom is 0.387 e. The van der Waals surface area contributed by atoms with Crippen LogP contribution in [0, 0.1) is 0 Å². The highest BCUT2D eigenvalue weighted by molar-refractivity contribution is 6.07. The summed E-state index contributed by atoms with van der Waals surface area (Å²) in [6.45, 7) is -2.92. The molecule has 3 rings (SSSR count). The van der Waals surface area contributed by atoms with E-state index >= 15 is 0 Å². The third kappa shape index (κ3) is 2.87. The minimum atomic E-state index is -2.92. The molecule has 1 N–H and O–H groups in total. The monoisotopic (exact) mass is 320 g/mol. The fourth-order valence-corrected chi connectivity index (χ4v) is 2.32. The standard InChI is InChI=1S/C15H14F2N4O2/c1-20-8-9(7-18-20)21(2)14(22)12-6-10-11(19-12)4-3-5-13(10)23-15(16)17/h3-8,15,19H,1-2H3. The zero-order valence-electron chi connectivity index (χ0n) is 12.5. The SMILES string of the molecule is CN(C(=O)c1cc2c(OC(F)F)cccc2[nH]1)c1cnn(C)c1. The van der Waals surface area contributed by atoms with Crippen LogP contribution in [-0.4, -0.2) is 34.3 Å². The first-order valence-electron chi connectivity index (χ1n) is 6.79. The zero-order valence-corrected chi connectivity index (χ0v) is 12.5. The molecule has 2 aromatic heterocycles. The van der Waals surface area contributed by atoms with Gasteiger partial charge >= 0.3 is 6.61 Å². The minimum absolute atomic E-state index is 0.0248. The summed E-state index contributed by atoms with van der Waals surface area (Å²) in [5.41, 5.74) is 1.45. The van der Waals surface area contributed by atoms with Crippen molar-refractivity contribution in [1.29, 1.82) is 0 Å². The Morgan fingerprint density at radius 1 is 1.43 bits per heavy atom. The number of aromatic nitrogens is 3. The molecule has 3 aromatic rings. The maximum absolute atomic E-state index is 12.5. The Balaban J connectivity index is 1.95. The van der Waals surface area contributed by atoms with Crippen LogP contribution in [0.25, 0.3) is 10.9 Å². The van der Waals surface area contributed by atoms with E-state index in [1.165, 1.54) is 17.0 Å². The van der Waals surface area contributed by atoms with Gasteiger partial charge in [-0.15, -0.1) is 0 Å². The number of carbonyl (C=O) groups excluding carboxylic acids is 1. The van der Waals surface area contributed by atoms with E-state index in [0.717, 1.165) is 0 Å². The van der Waals surface area contributed by atoms with Crippen molar-refractivity contribution >= 4 is 22.5 Å². The fraction of sp³-hybridized carbons (Fsp3) is 0.200. The van der Waals surface area contributed by atoms with Crippen LogP contribution >= 0.6 is 0 Å². The number of aromatic amines is 1. The Morgan fingerprint density at radius 2 is 2.22 bits per heavy atom. The molecule has 0 aliphatic heterocycles. The summed E-state index contributed by atoms with van der Waals surface area (Å²) in [7, 11) is 3.36. The fourth-order valence-electron chi connectivity index (χ4n) is 2.32. The van der Waals surface area contributed by atoms with E-state index in [9.17, 15) is 13.6 Å². The van der Waals surface area contributed by atoms with Crippen LogP contribution in [0.4, 0.5) is 14.5 Å². The lowest BCUT2D eigenvalue weighted by molar-refractivity contribution is -0.0487. The molecule has 0 unspecified atom stereocenters. The molecule has 8 heteroatoms. The first-order chi connectivity index (χ1) is 11.0. The van der Waals surface area contributed by atoms with E-state index in [1.807, 2.05) is 0 Å². The van der Waals surface area contributed by atoms with Crippen LogP contribution in [0.5, 0.6) is 5.75 Å². The molecule has 0 aliphatic rings. The van der Waals surface area contributed by atoms with Gasteiger partial charge in [0.05, 0.1) is 11.9 Å². The summed E-state index contributed by atoms with van der Waals surface area (Å²) in [6.07, 6.45) is 3.26. The zero-order chi connectivity index (χ0) is 16.6. The first kappa shape index (κ1) is 15.0. The Bertz CT molecular complexity index is 856. The van der Waals surface area contributed by atoms with Gasteiger partial charge in [-0.2, -0.15) is 13.9 Å². The number of ether oxygens (including phenoxy) is 1. The van der Waals surface area contributed by atoms with Gasteiger partial charge in [0.15, 0.2) is 0 Å². The van der Waals surface area contributed by atoms with Gasteiger partial charge in [-0.3, -0.25) is 9.48 Å². The second kappa shape index (κ2) is 5.71. The van der Waals surface area contributed by atoms with Gasteiger partial charge in [0, 0.05) is 31.2 Å². The maximum atomic E-state index is 12.5. The van der Waals surface area contributed by atoms with Gasteiger partial charge in [-0.05, 0) is 18.2 Å². The van der Waals surface area contributed by atoms with E-state index in [0.29, 0.717) is 16.6 Å². The molecule has 120 valence electrons. The summed E-state index contributed by atoms with van der Waals surface area (Å²) >= 11 is 0. The molecule has 6 nitrogen and oxygen atoms in total. The predicted octanol–water partition coefficient (Wildman–Crippen LogP) is 2.78. The molecular formula is C15H14F2N4O2. The van der Waals surface area contributed by atoms with E-state index in [-0.39, 0.29) is 17.4 Å². The molecule has 23 heavy (non-hydrogen) atoms. The largest absolute Gasteiger partial charge is 0.434 e. The Hall–Kier alpha value is -2.90. The minimum Gasteiger partial charge on any atom is -0.434 e. The number of nitrogens with one attached hydrogen (secondary N) is 1. The summed E-state index contributed by atoms with van der Waals surface area (Å²) in [5, 5.41) is 4.44. The van der Waals surface area contributed by atoms with Crippen molar-refractivity contribution in [1.82, 2.24) is 14.8 Å². The van der Waals surface area contributed by atoms with Gasteiger partial charge in [0.2, 0.25) is 0 Å². The summed E-state index contributed by atoms with van der Waals surface area (Å²) < 4.78 is 31.0. The average Bonchev–Trinajstić information content (AvgIpc) is 3.12. The lowest BCUT2D eigenvalue weighted by Gasteiger charge is -2.13. The third-order valence-electron chi connectivity index (χ3n) is 3.45. The van der Waals surface area contributed by atoms with E-state index < -0.39 is 6.61 Å². The number of alkyl halides is 2. The molecule has 0 radical (unpaired) electrons. The van der Waals surface area contributed by atoms with Gasteiger partial charge in [0.1, 0.15) is 11.4 Å². The highest BCUT2D eigenvalue weighted by Crippen LogP contribution is 2.28. The lowest BCUT2D eigenvalue weighted by atomic mass is 10.2. The van der Waals surface area contributed by atoms with Crippen molar-refractivity contribution in [2.24, 2.45) is 7.05 Å². The number of carbonyl (C=O) groups is 1. The number of benzene rings is 1. The number of aryl methyl sites for hydroxylation is 1. The highest BCUT2D eigenvalue weighted by atomic mass is 19.3. The molecule has 0 atom stereocenters. The number of amides is 1. The third-order valence-corrected chi connectivity index (χ3v) is 3.45. The van der Waals surface area contributed by atoms with Gasteiger partial charge in [-0.1, -0.05) is 6.07 Å². The average molecular weight is 320 g/mol. The van der Waals surface area contributed by atoms with Crippen molar-refractivity contribution in [3.63, 3.8) is 0 Å². The summed E-state index contributed by atoms with van der Waals surface area (Å²) in [4.78, 5) is 16.9. The number of anilines is 1. The van der Waals surface area contributed by atoms with Gasteiger partial charge in [0.25, 0.3) is 5.91 Å². The van der Waals surface area contributed by atoms with E-state index in [4.69, 9.17) is 0 Å². The highest BCUT2D eigenvalue weighted by Gasteiger charge is 2.19. The number of hydrogen-bond donors (Lipinski definition) is 1. The molecule has 2 heterocycles. The molecule has 0 fully saturated rings. The number of H-pyrrole nitrogens is 1. The second-order valence-corrected chi connectivity index (χ2v) is 5.02. The number of rotatable bonds is 4. The lowest BCUT2D eigenvalue weighted by Crippen LogP contribution is -2.26. The van der Waals surface area contributed by atoms with Crippen molar-refractivity contribution in [2.45, 2.75) is 6.61 Å². The quantitative estimate of drug-likeness (QED) is 0.804. The number of fused-ring (bicyclic) bond motifs is 1. The van der Waals surface area contributed by atoms with Crippen LogP contribution in [0.2, 0.25) is 0 Å². The summed E-state index contributed by atoms with van der Waals surface area (Å²) in [5.74, 6) is -0.283. The topological polar surface area (TPSA) is 63.1 Å². The molecule has 0 aliphatic carbocycles. The normalized spacial score (nSPS) is 11.2. The Labute approximate surface area is 130 Å². The van der Waals surface area contributed by atoms with Crippen LogP contribution in [-0.2, 0) is 7.05 Å². The molecule has 0 bridgehead atoms. The molecule has 1 aromatic carbocycles. The van der Waals surface area contributed by atoms with Crippen LogP contribution in [0.3, 0.4) is 0 Å². The van der Waals surface area contributed by atoms with Crippen LogP contribution < -0.4 is 9.64 Å². The Morgan fingerprint density at radius 3 is 2.87 bits per heavy atom. The predicted molar refractivity (Wildman–Crippen MR) is 80.9 cm³/mol. The molecule has 0 saturated heterocycles. The molecule has 0 spiro atoms. The Kier molecular flexibility index (Phi) is 3.73. The van der Waals surface area contributed by atoms with Crippen molar-refractivity contribution in [3.8, 4) is 5.75 Å². The van der Waals surface area contributed by atoms with Gasteiger partial charge in [-0.25, -0.2) is 0 Å². The molecule has 0 saturated carbocycles. The van der Waals surface area contributed by atoms with Crippen molar-refractivity contribution in [3.05, 3.63) is 42.4 Å². The van der Waals surface area contributed by atoms with Gasteiger partial charge < -0.3 is 14.6 Å². The van der Waals surface area contributed by atoms with E-state index in [2.05, 4.69) is 14.8 Å². The first-order valence-corrected chi connectivity index (χ1v) is 6.79. The molecule has 1 amide bonds. The second-order valence-electron chi connectivity index (χ2n) is 5.02.